The molecule has 0 heterocycles. The molecule has 0 aromatic heterocycles. The Hall–Kier alpha value is -1.72. The van der Waals surface area contributed by atoms with Gasteiger partial charge in [-0.15, -0.1) is 0 Å². The molecule has 0 bridgehead atoms. The van der Waals surface area contributed by atoms with Crippen molar-refractivity contribution in [3.8, 4) is 5.75 Å². The second kappa shape index (κ2) is 5.73. The number of aryl methyl sites for hydroxylation is 1. The zero-order valence-corrected chi connectivity index (χ0v) is 12.9. The van der Waals surface area contributed by atoms with Crippen molar-refractivity contribution in [1.82, 2.24) is 0 Å². The molecule has 0 aliphatic heterocycles. The summed E-state index contributed by atoms with van der Waals surface area (Å²) in [5, 5.41) is 12.8. The lowest BCUT2D eigenvalue weighted by atomic mass is 10.1. The summed E-state index contributed by atoms with van der Waals surface area (Å²) in [5.74, 6) is -0.487. The van der Waals surface area contributed by atoms with E-state index >= 15 is 0 Å². The van der Waals surface area contributed by atoms with E-state index < -0.39 is 0 Å². The highest BCUT2D eigenvalue weighted by Gasteiger charge is 2.11. The predicted molar refractivity (Wildman–Crippen MR) is 84.4 cm³/mol. The maximum absolute atomic E-state index is 12.1. The van der Waals surface area contributed by atoms with Crippen molar-refractivity contribution in [1.29, 1.82) is 0 Å². The Morgan fingerprint density at radius 1 is 1.35 bits per heavy atom. The number of hydrogen-bond acceptors (Lipinski definition) is 3. The molecule has 104 valence electrons. The number of carbonyl (C=O) groups is 1. The van der Waals surface area contributed by atoms with Crippen molar-refractivity contribution in [3.63, 3.8) is 0 Å². The number of amides is 1. The molecule has 0 saturated heterocycles. The van der Waals surface area contributed by atoms with E-state index in [4.69, 9.17) is 17.3 Å². The van der Waals surface area contributed by atoms with Crippen molar-refractivity contribution in [3.05, 3.63) is 51.0 Å². The molecule has 4 nitrogen and oxygen atoms in total. The number of nitrogen functional groups attached to an aromatic ring is 1. The van der Waals surface area contributed by atoms with Gasteiger partial charge in [-0.1, -0.05) is 11.6 Å². The maximum atomic E-state index is 12.1. The Bertz CT molecular complexity index is 689. The van der Waals surface area contributed by atoms with Gasteiger partial charge in [0, 0.05) is 15.1 Å². The lowest BCUT2D eigenvalue weighted by Gasteiger charge is -2.10. The number of benzene rings is 2. The first-order chi connectivity index (χ1) is 9.38. The van der Waals surface area contributed by atoms with Crippen LogP contribution in [0.2, 0.25) is 5.02 Å². The first-order valence-corrected chi connectivity index (χ1v) is 6.91. The van der Waals surface area contributed by atoms with E-state index in [1.54, 1.807) is 6.07 Å². The van der Waals surface area contributed by atoms with E-state index in [0.717, 1.165) is 10.0 Å². The Labute approximate surface area is 129 Å². The largest absolute Gasteiger partial charge is 0.506 e. The molecule has 20 heavy (non-hydrogen) atoms. The van der Waals surface area contributed by atoms with E-state index in [2.05, 4.69) is 21.2 Å². The summed E-state index contributed by atoms with van der Waals surface area (Å²) in [5.41, 5.74) is 7.49. The van der Waals surface area contributed by atoms with Gasteiger partial charge in [-0.3, -0.25) is 4.79 Å². The molecule has 0 spiro atoms. The summed E-state index contributed by atoms with van der Waals surface area (Å²) in [7, 11) is 0. The monoisotopic (exact) mass is 354 g/mol. The fourth-order valence-electron chi connectivity index (χ4n) is 1.62. The standard InChI is InChI=1S/C14H12BrClN2O2/c1-7-4-9(15)12(6-10(7)16)18-14(20)8-2-3-11(17)13(19)5-8/h2-6,19H,17H2,1H3,(H,18,20). The van der Waals surface area contributed by atoms with Crippen LogP contribution >= 0.6 is 27.5 Å². The van der Waals surface area contributed by atoms with Crippen molar-refractivity contribution in [2.75, 3.05) is 11.1 Å². The van der Waals surface area contributed by atoms with Crippen molar-refractivity contribution < 1.29 is 9.90 Å². The molecule has 0 aliphatic carbocycles. The summed E-state index contributed by atoms with van der Waals surface area (Å²) >= 11 is 9.40. The first kappa shape index (κ1) is 14.7. The molecule has 0 saturated carbocycles. The lowest BCUT2D eigenvalue weighted by Crippen LogP contribution is -2.12. The fourth-order valence-corrected chi connectivity index (χ4v) is 2.34. The Morgan fingerprint density at radius 3 is 2.70 bits per heavy atom. The Morgan fingerprint density at radius 2 is 2.05 bits per heavy atom. The molecule has 4 N–H and O–H groups in total. The summed E-state index contributed by atoms with van der Waals surface area (Å²) in [6.07, 6.45) is 0. The van der Waals surface area contributed by atoms with Crippen LogP contribution in [0.5, 0.6) is 5.75 Å². The van der Waals surface area contributed by atoms with E-state index in [1.807, 2.05) is 13.0 Å². The van der Waals surface area contributed by atoms with Gasteiger partial charge in [-0.05, 0) is 58.7 Å². The fraction of sp³-hybridized carbons (Fsp3) is 0.0714. The number of phenols is 1. The second-order valence-electron chi connectivity index (χ2n) is 4.31. The van der Waals surface area contributed by atoms with Gasteiger partial charge in [-0.2, -0.15) is 0 Å². The van der Waals surface area contributed by atoms with Gasteiger partial charge in [0.25, 0.3) is 5.91 Å². The van der Waals surface area contributed by atoms with Crippen molar-refractivity contribution in [2.24, 2.45) is 0 Å². The van der Waals surface area contributed by atoms with Gasteiger partial charge >= 0.3 is 0 Å². The average Bonchev–Trinajstić information content (AvgIpc) is 2.39. The first-order valence-electron chi connectivity index (χ1n) is 5.74. The van der Waals surface area contributed by atoms with Crippen LogP contribution in [0, 0.1) is 6.92 Å². The molecule has 1 amide bonds. The number of carbonyl (C=O) groups excluding carboxylic acids is 1. The van der Waals surface area contributed by atoms with Crippen LogP contribution in [0.3, 0.4) is 0 Å². The number of hydrogen-bond donors (Lipinski definition) is 3. The number of nitrogens with two attached hydrogens (primary N) is 1. The van der Waals surface area contributed by atoms with Crippen LogP contribution in [0.1, 0.15) is 15.9 Å². The number of halogens is 2. The molecule has 2 aromatic carbocycles. The van der Waals surface area contributed by atoms with Crippen LogP contribution < -0.4 is 11.1 Å². The van der Waals surface area contributed by atoms with Crippen LogP contribution in [-0.2, 0) is 0 Å². The van der Waals surface area contributed by atoms with E-state index in [9.17, 15) is 9.90 Å². The molecule has 0 aliphatic rings. The molecule has 0 fully saturated rings. The van der Waals surface area contributed by atoms with E-state index in [-0.39, 0.29) is 17.3 Å². The van der Waals surface area contributed by atoms with Gasteiger partial charge in [0.15, 0.2) is 0 Å². The molecular formula is C14H12BrClN2O2. The zero-order chi connectivity index (χ0) is 14.9. The second-order valence-corrected chi connectivity index (χ2v) is 5.57. The quantitative estimate of drug-likeness (QED) is 0.564. The Kier molecular flexibility index (Phi) is 4.20. The molecular weight excluding hydrogens is 344 g/mol. The lowest BCUT2D eigenvalue weighted by molar-refractivity contribution is 0.102. The van der Waals surface area contributed by atoms with Crippen molar-refractivity contribution >= 4 is 44.8 Å². The van der Waals surface area contributed by atoms with Gasteiger partial charge in [0.2, 0.25) is 0 Å². The summed E-state index contributed by atoms with van der Waals surface area (Å²) in [4.78, 5) is 12.1. The summed E-state index contributed by atoms with van der Waals surface area (Å²) in [6.45, 7) is 1.87. The average molecular weight is 356 g/mol. The van der Waals surface area contributed by atoms with Gasteiger partial charge in [0.1, 0.15) is 5.75 Å². The Balaban J connectivity index is 2.27. The van der Waals surface area contributed by atoms with Crippen molar-refractivity contribution in [2.45, 2.75) is 6.92 Å². The molecule has 0 unspecified atom stereocenters. The zero-order valence-electron chi connectivity index (χ0n) is 10.6. The number of anilines is 2. The van der Waals surface area contributed by atoms with Gasteiger partial charge < -0.3 is 16.2 Å². The summed E-state index contributed by atoms with van der Waals surface area (Å²) < 4.78 is 0.729. The molecule has 2 rings (SSSR count). The third-order valence-electron chi connectivity index (χ3n) is 2.79. The van der Waals surface area contributed by atoms with Gasteiger partial charge in [-0.25, -0.2) is 0 Å². The highest BCUT2D eigenvalue weighted by Crippen LogP contribution is 2.30. The van der Waals surface area contributed by atoms with Crippen LogP contribution in [0.4, 0.5) is 11.4 Å². The molecule has 0 atom stereocenters. The van der Waals surface area contributed by atoms with Gasteiger partial charge in [0.05, 0.1) is 11.4 Å². The minimum Gasteiger partial charge on any atom is -0.506 e. The van der Waals surface area contributed by atoms with Crippen LogP contribution in [0.25, 0.3) is 0 Å². The number of nitrogens with one attached hydrogen (secondary N) is 1. The molecule has 0 radical (unpaired) electrons. The third kappa shape index (κ3) is 3.05. The number of aromatic hydroxyl groups is 1. The molecule has 6 heteroatoms. The number of rotatable bonds is 2. The SMILES string of the molecule is Cc1cc(Br)c(NC(=O)c2ccc(N)c(O)c2)cc1Cl. The highest BCUT2D eigenvalue weighted by atomic mass is 79.9. The van der Waals surface area contributed by atoms with E-state index in [0.29, 0.717) is 16.3 Å². The number of phenolic OH excluding ortho intramolecular Hbond substituents is 1. The summed E-state index contributed by atoms with van der Waals surface area (Å²) in [6, 6.07) is 7.80. The normalized spacial score (nSPS) is 10.3. The highest BCUT2D eigenvalue weighted by molar-refractivity contribution is 9.10. The van der Waals surface area contributed by atoms with Crippen LogP contribution in [-0.4, -0.2) is 11.0 Å². The topological polar surface area (TPSA) is 75.4 Å². The predicted octanol–water partition coefficient (Wildman–Crippen LogP) is 3.95. The smallest absolute Gasteiger partial charge is 0.255 e. The maximum Gasteiger partial charge on any atom is 0.255 e. The minimum absolute atomic E-state index is 0.126. The van der Waals surface area contributed by atoms with E-state index in [1.165, 1.54) is 18.2 Å². The third-order valence-corrected chi connectivity index (χ3v) is 3.85. The van der Waals surface area contributed by atoms with Crippen LogP contribution in [0.15, 0.2) is 34.8 Å². The molecule has 2 aromatic rings. The minimum atomic E-state index is -0.360.